The van der Waals surface area contributed by atoms with Gasteiger partial charge >= 0.3 is 0 Å². The minimum Gasteiger partial charge on any atom is -0.457 e. The summed E-state index contributed by atoms with van der Waals surface area (Å²) >= 11 is 0. The average Bonchev–Trinajstić information content (AvgIpc) is 3.18. The van der Waals surface area contributed by atoms with Gasteiger partial charge in [-0.2, -0.15) is 0 Å². The number of ether oxygens (including phenoxy) is 2. The molecule has 6 nitrogen and oxygen atoms in total. The highest BCUT2D eigenvalue weighted by Gasteiger charge is 2.29. The van der Waals surface area contributed by atoms with E-state index in [0.717, 1.165) is 5.56 Å². The van der Waals surface area contributed by atoms with Crippen LogP contribution in [0.3, 0.4) is 0 Å². The van der Waals surface area contributed by atoms with Crippen LogP contribution in [0.2, 0.25) is 0 Å². The fourth-order valence-electron chi connectivity index (χ4n) is 2.67. The zero-order valence-corrected chi connectivity index (χ0v) is 14.5. The lowest BCUT2D eigenvalue weighted by atomic mass is 10.2. The number of fused-ring (bicyclic) bond motifs is 1. The Bertz CT molecular complexity index is 1080. The van der Waals surface area contributed by atoms with Crippen molar-refractivity contribution in [3.63, 3.8) is 0 Å². The molecule has 2 aromatic heterocycles. The van der Waals surface area contributed by atoms with E-state index in [1.54, 1.807) is 48.9 Å². The lowest BCUT2D eigenvalue weighted by Gasteiger charge is -2.18. The van der Waals surface area contributed by atoms with Crippen molar-refractivity contribution in [2.75, 3.05) is 0 Å². The first-order chi connectivity index (χ1) is 11.9. The van der Waals surface area contributed by atoms with E-state index in [4.69, 9.17) is 9.47 Å². The van der Waals surface area contributed by atoms with Crippen LogP contribution in [0.5, 0.6) is 0 Å². The van der Waals surface area contributed by atoms with Crippen molar-refractivity contribution in [3.8, 4) is 0 Å². The Morgan fingerprint density at radius 3 is 2.56 bits per heavy atom. The number of hydrogen-bond donors (Lipinski definition) is 0. The predicted octanol–water partition coefficient (Wildman–Crippen LogP) is 3.35. The van der Waals surface area contributed by atoms with Crippen LogP contribution >= 0.6 is 0 Å². The van der Waals surface area contributed by atoms with Gasteiger partial charge in [-0.3, -0.25) is 0 Å². The molecule has 7 heteroatoms. The maximum atomic E-state index is 12.8. The number of benzene rings is 1. The van der Waals surface area contributed by atoms with Crippen molar-refractivity contribution in [1.29, 1.82) is 0 Å². The standard InChI is InChI=1S/C18H16N2O4S/c1-18(2)23-12-16(24-18)14-10-13-8-9-20(17(13)19-11-14)25(21,22)15-6-4-3-5-7-15/h3-12H,1-2H3. The fourth-order valence-corrected chi connectivity index (χ4v) is 4.00. The first kappa shape index (κ1) is 15.7. The first-order valence-corrected chi connectivity index (χ1v) is 9.16. The molecule has 0 bridgehead atoms. The van der Waals surface area contributed by atoms with Crippen molar-refractivity contribution in [2.45, 2.75) is 24.5 Å². The largest absolute Gasteiger partial charge is 0.457 e. The predicted molar refractivity (Wildman–Crippen MR) is 93.0 cm³/mol. The Hall–Kier alpha value is -2.80. The molecular weight excluding hydrogens is 340 g/mol. The Kier molecular flexibility index (Phi) is 3.36. The van der Waals surface area contributed by atoms with Crippen LogP contribution in [0.1, 0.15) is 19.4 Å². The van der Waals surface area contributed by atoms with Gasteiger partial charge in [0.15, 0.2) is 11.4 Å². The molecule has 1 aliphatic heterocycles. The minimum atomic E-state index is -3.69. The smallest absolute Gasteiger partial charge is 0.269 e. The van der Waals surface area contributed by atoms with E-state index >= 15 is 0 Å². The van der Waals surface area contributed by atoms with E-state index in [1.165, 1.54) is 10.2 Å². The summed E-state index contributed by atoms with van der Waals surface area (Å²) in [5.74, 6) is -0.148. The summed E-state index contributed by atoms with van der Waals surface area (Å²) in [4.78, 5) is 4.55. The number of aromatic nitrogens is 2. The second-order valence-electron chi connectivity index (χ2n) is 6.17. The first-order valence-electron chi connectivity index (χ1n) is 7.72. The molecule has 0 amide bonds. The third-order valence-corrected chi connectivity index (χ3v) is 5.56. The number of hydrogen-bond acceptors (Lipinski definition) is 5. The zero-order chi connectivity index (χ0) is 17.7. The van der Waals surface area contributed by atoms with E-state index in [-0.39, 0.29) is 4.90 Å². The molecular formula is C18H16N2O4S. The van der Waals surface area contributed by atoms with Gasteiger partial charge in [-0.1, -0.05) is 18.2 Å². The fraction of sp³-hybridized carbons (Fsp3) is 0.167. The van der Waals surface area contributed by atoms with Gasteiger partial charge in [0.1, 0.15) is 6.26 Å². The van der Waals surface area contributed by atoms with Gasteiger partial charge in [-0.15, -0.1) is 0 Å². The van der Waals surface area contributed by atoms with Crippen molar-refractivity contribution < 1.29 is 17.9 Å². The third kappa shape index (κ3) is 2.66. The lowest BCUT2D eigenvalue weighted by Crippen LogP contribution is -2.19. The molecule has 3 aromatic rings. The van der Waals surface area contributed by atoms with Crippen LogP contribution in [-0.4, -0.2) is 23.2 Å². The van der Waals surface area contributed by atoms with E-state index in [1.807, 2.05) is 19.9 Å². The van der Waals surface area contributed by atoms with Crippen LogP contribution in [0.4, 0.5) is 0 Å². The molecule has 1 aliphatic rings. The third-order valence-electron chi connectivity index (χ3n) is 3.88. The Morgan fingerprint density at radius 2 is 1.88 bits per heavy atom. The summed E-state index contributed by atoms with van der Waals surface area (Å²) in [6.45, 7) is 3.62. The van der Waals surface area contributed by atoms with Crippen LogP contribution in [0, 0.1) is 0 Å². The average molecular weight is 356 g/mol. The van der Waals surface area contributed by atoms with Crippen molar-refractivity contribution in [3.05, 3.63) is 66.7 Å². The molecule has 25 heavy (non-hydrogen) atoms. The quantitative estimate of drug-likeness (QED) is 0.720. The van der Waals surface area contributed by atoms with Gasteiger partial charge in [-0.05, 0) is 24.3 Å². The summed E-state index contributed by atoms with van der Waals surface area (Å²) < 4.78 is 37.9. The maximum Gasteiger partial charge on any atom is 0.269 e. The van der Waals surface area contributed by atoms with Crippen LogP contribution in [0.15, 0.2) is 66.0 Å². The highest BCUT2D eigenvalue weighted by Crippen LogP contribution is 2.32. The monoisotopic (exact) mass is 356 g/mol. The molecule has 0 spiro atoms. The molecule has 0 atom stereocenters. The number of nitrogens with zero attached hydrogens (tertiary/aromatic N) is 2. The Labute approximate surface area is 145 Å². The van der Waals surface area contributed by atoms with Crippen molar-refractivity contribution in [1.82, 2.24) is 8.96 Å². The van der Waals surface area contributed by atoms with E-state index in [9.17, 15) is 8.42 Å². The highest BCUT2D eigenvalue weighted by atomic mass is 32.2. The van der Waals surface area contributed by atoms with E-state index in [2.05, 4.69) is 4.98 Å². The van der Waals surface area contributed by atoms with Gasteiger partial charge < -0.3 is 9.47 Å². The molecule has 0 saturated carbocycles. The normalized spacial score (nSPS) is 16.3. The molecule has 3 heterocycles. The van der Waals surface area contributed by atoms with Crippen LogP contribution in [0.25, 0.3) is 16.8 Å². The number of rotatable bonds is 3. The second-order valence-corrected chi connectivity index (χ2v) is 7.98. The van der Waals surface area contributed by atoms with Crippen LogP contribution < -0.4 is 0 Å². The van der Waals surface area contributed by atoms with E-state index < -0.39 is 15.8 Å². The molecule has 128 valence electrons. The summed E-state index contributed by atoms with van der Waals surface area (Å²) in [5, 5.41) is 0.700. The van der Waals surface area contributed by atoms with Crippen molar-refractivity contribution in [2.24, 2.45) is 0 Å². The molecule has 0 radical (unpaired) electrons. The molecule has 0 unspecified atom stereocenters. The molecule has 0 N–H and O–H groups in total. The summed E-state index contributed by atoms with van der Waals surface area (Å²) in [6, 6.07) is 11.8. The SMILES string of the molecule is CC1(C)OC=C(c2cnc3c(ccn3S(=O)(=O)c3ccccc3)c2)O1. The van der Waals surface area contributed by atoms with Gasteiger partial charge in [0.05, 0.1) is 4.90 Å². The van der Waals surface area contributed by atoms with Gasteiger partial charge in [0.2, 0.25) is 5.79 Å². The maximum absolute atomic E-state index is 12.8. The second kappa shape index (κ2) is 5.35. The summed E-state index contributed by atoms with van der Waals surface area (Å²) in [6.07, 6.45) is 4.63. The van der Waals surface area contributed by atoms with E-state index in [0.29, 0.717) is 16.8 Å². The lowest BCUT2D eigenvalue weighted by molar-refractivity contribution is -0.102. The molecule has 1 aromatic carbocycles. The Balaban J connectivity index is 1.77. The van der Waals surface area contributed by atoms with Gasteiger partial charge in [-0.25, -0.2) is 17.4 Å². The topological polar surface area (TPSA) is 70.4 Å². The molecule has 0 fully saturated rings. The minimum absolute atomic E-state index is 0.218. The molecule has 0 saturated heterocycles. The van der Waals surface area contributed by atoms with Crippen LogP contribution in [-0.2, 0) is 19.5 Å². The van der Waals surface area contributed by atoms with Gasteiger partial charge in [0, 0.05) is 37.2 Å². The summed E-state index contributed by atoms with van der Waals surface area (Å²) in [5.41, 5.74) is 1.10. The molecule has 0 aliphatic carbocycles. The Morgan fingerprint density at radius 1 is 1.12 bits per heavy atom. The number of pyridine rings is 1. The van der Waals surface area contributed by atoms with Gasteiger partial charge in [0.25, 0.3) is 10.0 Å². The zero-order valence-electron chi connectivity index (χ0n) is 13.7. The van der Waals surface area contributed by atoms with Crippen molar-refractivity contribution >= 4 is 26.8 Å². The summed E-state index contributed by atoms with van der Waals surface area (Å²) in [7, 11) is -3.69. The molecule has 4 rings (SSSR count). The highest BCUT2D eigenvalue weighted by molar-refractivity contribution is 7.90.